The topological polar surface area (TPSA) is 80.8 Å². The summed E-state index contributed by atoms with van der Waals surface area (Å²) in [5, 5.41) is 0. The number of likely N-dealkylation sites (tertiary alicyclic amines) is 1. The smallest absolute Gasteiger partial charge is 0.330 e. The fourth-order valence-electron chi connectivity index (χ4n) is 5.25. The summed E-state index contributed by atoms with van der Waals surface area (Å²) in [6.07, 6.45) is 0.828. The number of hydrogen-bond donors (Lipinski definition) is 0. The molecule has 0 unspecified atom stereocenters. The molecule has 160 valence electrons. The van der Waals surface area contributed by atoms with Crippen molar-refractivity contribution in [1.29, 1.82) is 0 Å². The number of hydrogen-bond acceptors (Lipinski definition) is 5. The number of benzene rings is 1. The molecule has 0 aromatic heterocycles. The van der Waals surface area contributed by atoms with Crippen LogP contribution in [0.2, 0.25) is 0 Å². The summed E-state index contributed by atoms with van der Waals surface area (Å²) in [4.78, 5) is 53.0. The third-order valence-electron chi connectivity index (χ3n) is 6.61. The summed E-state index contributed by atoms with van der Waals surface area (Å²) in [7, 11) is 0. The Morgan fingerprint density at radius 2 is 1.57 bits per heavy atom. The van der Waals surface area contributed by atoms with Gasteiger partial charge in [-0.15, -0.1) is 0 Å². The largest absolute Gasteiger partial charge is 0.456 e. The Morgan fingerprint density at radius 3 is 2.07 bits per heavy atom. The number of esters is 1. The van der Waals surface area contributed by atoms with E-state index >= 15 is 0 Å². The van der Waals surface area contributed by atoms with Gasteiger partial charge in [0, 0.05) is 15.2 Å². The number of alkyl halides is 2. The highest BCUT2D eigenvalue weighted by Crippen LogP contribution is 2.60. The van der Waals surface area contributed by atoms with Gasteiger partial charge >= 0.3 is 5.97 Å². The van der Waals surface area contributed by atoms with Crippen molar-refractivity contribution in [3.05, 3.63) is 35.9 Å². The van der Waals surface area contributed by atoms with Crippen LogP contribution in [0.3, 0.4) is 0 Å². The van der Waals surface area contributed by atoms with Gasteiger partial charge in [-0.25, -0.2) is 4.79 Å². The molecule has 3 aliphatic rings. The molecule has 0 N–H and O–H groups in total. The number of fused-ring (bicyclic) bond motifs is 5. The lowest BCUT2D eigenvalue weighted by Gasteiger charge is -2.28. The van der Waals surface area contributed by atoms with Crippen molar-refractivity contribution < 1.29 is 23.9 Å². The van der Waals surface area contributed by atoms with E-state index in [1.165, 1.54) is 0 Å². The van der Waals surface area contributed by atoms with E-state index in [2.05, 4.69) is 31.9 Å². The van der Waals surface area contributed by atoms with Gasteiger partial charge in [0.25, 0.3) is 0 Å². The van der Waals surface area contributed by atoms with Gasteiger partial charge in [-0.3, -0.25) is 19.3 Å². The minimum absolute atomic E-state index is 0.0781. The molecular weight excluding hydrogens is 518 g/mol. The van der Waals surface area contributed by atoms with Gasteiger partial charge in [0.05, 0.1) is 11.8 Å². The van der Waals surface area contributed by atoms with Gasteiger partial charge in [0.15, 0.2) is 12.4 Å². The number of nitrogens with zero attached hydrogens (tertiary/aromatic N) is 1. The molecule has 3 fully saturated rings. The highest BCUT2D eigenvalue weighted by atomic mass is 79.9. The van der Waals surface area contributed by atoms with Crippen molar-refractivity contribution in [3.8, 4) is 0 Å². The molecule has 0 radical (unpaired) electrons. The molecule has 2 amide bonds. The van der Waals surface area contributed by atoms with Gasteiger partial charge in [0.2, 0.25) is 11.8 Å². The highest BCUT2D eigenvalue weighted by molar-refractivity contribution is 9.12. The predicted molar refractivity (Wildman–Crippen MR) is 116 cm³/mol. The number of halogens is 2. The molecule has 30 heavy (non-hydrogen) atoms. The summed E-state index contributed by atoms with van der Waals surface area (Å²) in [5.74, 6) is -2.56. The lowest BCUT2D eigenvalue weighted by atomic mass is 9.81. The zero-order valence-corrected chi connectivity index (χ0v) is 19.8. The van der Waals surface area contributed by atoms with Crippen LogP contribution in [0.5, 0.6) is 0 Å². The molecule has 1 heterocycles. The monoisotopic (exact) mass is 539 g/mol. The van der Waals surface area contributed by atoms with Gasteiger partial charge < -0.3 is 4.74 Å². The zero-order valence-electron chi connectivity index (χ0n) is 16.7. The van der Waals surface area contributed by atoms with Crippen LogP contribution in [-0.4, -0.2) is 50.8 Å². The maximum absolute atomic E-state index is 13.2. The van der Waals surface area contributed by atoms with Crippen molar-refractivity contribution in [2.75, 3.05) is 6.61 Å². The molecule has 2 saturated carbocycles. The molecular formula is C22H23Br2NO5. The van der Waals surface area contributed by atoms with Crippen molar-refractivity contribution in [2.45, 2.75) is 36.0 Å². The van der Waals surface area contributed by atoms with Gasteiger partial charge in [0.1, 0.15) is 6.04 Å². The Bertz CT molecular complexity index is 857. The fraction of sp³-hybridized carbons (Fsp3) is 0.545. The van der Waals surface area contributed by atoms with Gasteiger partial charge in [-0.2, -0.15) is 0 Å². The number of Topliss-reactive ketones (excluding diaryl/α,β-unsaturated/α-hetero) is 1. The molecule has 2 aliphatic carbocycles. The quantitative estimate of drug-likeness (QED) is 0.239. The van der Waals surface area contributed by atoms with E-state index in [0.29, 0.717) is 5.56 Å². The summed E-state index contributed by atoms with van der Waals surface area (Å²) in [6, 6.07) is 7.52. The van der Waals surface area contributed by atoms with Crippen LogP contribution < -0.4 is 0 Å². The molecule has 1 aliphatic heterocycles. The van der Waals surface area contributed by atoms with Gasteiger partial charge in [-0.05, 0) is 24.2 Å². The van der Waals surface area contributed by atoms with Crippen LogP contribution in [-0.2, 0) is 19.1 Å². The summed E-state index contributed by atoms with van der Waals surface area (Å²) >= 11 is 7.33. The molecule has 0 spiro atoms. The second-order valence-corrected chi connectivity index (χ2v) is 10.8. The van der Waals surface area contributed by atoms with Crippen LogP contribution in [0.15, 0.2) is 30.3 Å². The van der Waals surface area contributed by atoms with Crippen LogP contribution >= 0.6 is 31.9 Å². The second kappa shape index (κ2) is 8.19. The molecule has 1 saturated heterocycles. The second-order valence-electron chi connectivity index (χ2n) is 8.64. The SMILES string of the molecule is CC(C)[C@H](C(=O)OCC(=O)c1ccccc1)N1C(=O)[C@@H]2[C@H]3C[C@@H]([C@H](Br)[C@@H]3Br)[C@@H]2C1=O. The number of rotatable bonds is 6. The number of carbonyl (C=O) groups is 4. The molecule has 4 rings (SSSR count). The first-order valence-electron chi connectivity index (χ1n) is 10.1. The molecule has 6 nitrogen and oxygen atoms in total. The molecule has 8 heteroatoms. The number of carbonyl (C=O) groups excluding carboxylic acids is 4. The maximum atomic E-state index is 13.2. The van der Waals surface area contributed by atoms with Gasteiger partial charge in [-0.1, -0.05) is 76.0 Å². The minimum Gasteiger partial charge on any atom is -0.456 e. The maximum Gasteiger partial charge on any atom is 0.330 e. The Balaban J connectivity index is 1.51. The first-order chi connectivity index (χ1) is 14.2. The Labute approximate surface area is 192 Å². The first-order valence-corrected chi connectivity index (χ1v) is 12.0. The molecule has 1 aromatic carbocycles. The number of imide groups is 1. The van der Waals surface area contributed by atoms with E-state index in [9.17, 15) is 19.2 Å². The van der Waals surface area contributed by atoms with E-state index in [1.807, 2.05) is 0 Å². The van der Waals surface area contributed by atoms with Crippen molar-refractivity contribution in [3.63, 3.8) is 0 Å². The van der Waals surface area contributed by atoms with Crippen LogP contribution in [0.25, 0.3) is 0 Å². The Morgan fingerprint density at radius 1 is 1.03 bits per heavy atom. The average Bonchev–Trinajstić information content (AvgIpc) is 3.33. The molecule has 7 atom stereocenters. The number of ketones is 1. The lowest BCUT2D eigenvalue weighted by Crippen LogP contribution is -2.50. The normalized spacial score (nSPS) is 33.2. The summed E-state index contributed by atoms with van der Waals surface area (Å²) < 4.78 is 5.27. The van der Waals surface area contributed by atoms with Crippen molar-refractivity contribution in [1.82, 2.24) is 4.90 Å². The highest BCUT2D eigenvalue weighted by Gasteiger charge is 2.67. The minimum atomic E-state index is -1.03. The fourth-order valence-corrected chi connectivity index (χ4v) is 7.12. The van der Waals surface area contributed by atoms with Crippen LogP contribution in [0.4, 0.5) is 0 Å². The third kappa shape index (κ3) is 3.36. The van der Waals surface area contributed by atoms with E-state index in [4.69, 9.17) is 4.74 Å². The van der Waals surface area contributed by atoms with E-state index in [-0.39, 0.29) is 56.8 Å². The van der Waals surface area contributed by atoms with Crippen molar-refractivity contribution in [2.24, 2.45) is 29.6 Å². The third-order valence-corrected chi connectivity index (χ3v) is 9.82. The molecule has 1 aromatic rings. The van der Waals surface area contributed by atoms with E-state index < -0.39 is 18.6 Å². The lowest BCUT2D eigenvalue weighted by molar-refractivity contribution is -0.160. The number of amides is 2. The zero-order chi connectivity index (χ0) is 21.7. The van der Waals surface area contributed by atoms with E-state index in [0.717, 1.165) is 11.3 Å². The van der Waals surface area contributed by atoms with E-state index in [1.54, 1.807) is 44.2 Å². The first kappa shape index (κ1) is 21.7. The summed E-state index contributed by atoms with van der Waals surface area (Å²) in [5.41, 5.74) is 0.442. The van der Waals surface area contributed by atoms with Crippen molar-refractivity contribution >= 4 is 55.4 Å². The Hall–Kier alpha value is -1.54. The van der Waals surface area contributed by atoms with Crippen LogP contribution in [0, 0.1) is 29.6 Å². The average molecular weight is 541 g/mol. The standard InChI is InChI=1S/C22H23Br2NO5/c1-10(2)19(22(29)30-9-14(26)11-6-4-3-5-7-11)25-20(27)15-12-8-13(16(15)21(25)28)18(24)17(12)23/h3-7,10,12-13,15-19H,8-9H2,1-2H3/t12-,13-,15-,16+,17-,18+,19-/m1/s1. The Kier molecular flexibility index (Phi) is 5.92. The predicted octanol–water partition coefficient (Wildman–Crippen LogP) is 3.22. The number of ether oxygens (including phenoxy) is 1. The summed E-state index contributed by atoms with van der Waals surface area (Å²) in [6.45, 7) is 3.12. The van der Waals surface area contributed by atoms with Crippen LogP contribution in [0.1, 0.15) is 30.6 Å². The molecule has 2 bridgehead atoms.